The molecular weight excluding hydrogens is 227 g/mol. The van der Waals surface area contributed by atoms with Crippen molar-refractivity contribution in [2.24, 2.45) is 5.73 Å². The van der Waals surface area contributed by atoms with Crippen LogP contribution in [0.25, 0.3) is 0 Å². The SMILES string of the molecule is CC1CCCCCN1c1cccc(F)c1[C@@H](C)N. The fourth-order valence-electron chi connectivity index (χ4n) is 2.86. The lowest BCUT2D eigenvalue weighted by Gasteiger charge is -2.32. The van der Waals surface area contributed by atoms with Gasteiger partial charge in [0.15, 0.2) is 0 Å². The molecule has 1 fully saturated rings. The van der Waals surface area contributed by atoms with Crippen LogP contribution in [0.2, 0.25) is 0 Å². The van der Waals surface area contributed by atoms with E-state index in [1.54, 1.807) is 6.07 Å². The zero-order valence-corrected chi connectivity index (χ0v) is 11.3. The number of nitrogens with two attached hydrogens (primary N) is 1. The summed E-state index contributed by atoms with van der Waals surface area (Å²) < 4.78 is 14.0. The first-order valence-electron chi connectivity index (χ1n) is 6.92. The third-order valence-electron chi connectivity index (χ3n) is 3.85. The maximum absolute atomic E-state index is 14.0. The first-order valence-corrected chi connectivity index (χ1v) is 6.92. The summed E-state index contributed by atoms with van der Waals surface area (Å²) in [5.41, 5.74) is 7.58. The molecule has 2 rings (SSSR count). The second kappa shape index (κ2) is 5.70. The molecule has 1 aromatic carbocycles. The molecule has 0 bridgehead atoms. The Morgan fingerprint density at radius 3 is 2.83 bits per heavy atom. The molecule has 1 aromatic rings. The predicted molar refractivity (Wildman–Crippen MR) is 74.3 cm³/mol. The number of rotatable bonds is 2. The molecule has 0 amide bonds. The monoisotopic (exact) mass is 250 g/mol. The molecule has 0 spiro atoms. The summed E-state index contributed by atoms with van der Waals surface area (Å²) in [7, 11) is 0. The summed E-state index contributed by atoms with van der Waals surface area (Å²) in [4.78, 5) is 2.33. The molecular formula is C15H23FN2. The van der Waals surface area contributed by atoms with E-state index < -0.39 is 0 Å². The average Bonchev–Trinajstić information content (AvgIpc) is 2.53. The van der Waals surface area contributed by atoms with Gasteiger partial charge in [-0.15, -0.1) is 0 Å². The Balaban J connectivity index is 2.39. The molecule has 1 heterocycles. The highest BCUT2D eigenvalue weighted by atomic mass is 19.1. The van der Waals surface area contributed by atoms with Crippen molar-refractivity contribution in [3.8, 4) is 0 Å². The second-order valence-corrected chi connectivity index (χ2v) is 5.35. The molecule has 1 unspecified atom stereocenters. The lowest BCUT2D eigenvalue weighted by Crippen LogP contribution is -2.34. The van der Waals surface area contributed by atoms with Crippen molar-refractivity contribution < 1.29 is 4.39 Å². The zero-order valence-electron chi connectivity index (χ0n) is 11.3. The molecule has 0 aromatic heterocycles. The number of hydrogen-bond donors (Lipinski definition) is 1. The Hall–Kier alpha value is -1.09. The summed E-state index contributed by atoms with van der Waals surface area (Å²) in [6, 6.07) is 5.49. The zero-order chi connectivity index (χ0) is 13.1. The molecule has 2 N–H and O–H groups in total. The van der Waals surface area contributed by atoms with Crippen molar-refractivity contribution in [3.63, 3.8) is 0 Å². The van der Waals surface area contributed by atoms with Crippen LogP contribution in [0.3, 0.4) is 0 Å². The Kier molecular flexibility index (Phi) is 4.23. The Bertz CT molecular complexity index is 403. The summed E-state index contributed by atoms with van der Waals surface area (Å²) in [5, 5.41) is 0. The van der Waals surface area contributed by atoms with Crippen molar-refractivity contribution in [2.45, 2.75) is 51.6 Å². The van der Waals surface area contributed by atoms with Crippen LogP contribution in [0.5, 0.6) is 0 Å². The van der Waals surface area contributed by atoms with Gasteiger partial charge in [0.25, 0.3) is 0 Å². The van der Waals surface area contributed by atoms with Crippen molar-refractivity contribution in [1.29, 1.82) is 0 Å². The third kappa shape index (κ3) is 2.66. The lowest BCUT2D eigenvalue weighted by molar-refractivity contribution is 0.579. The Morgan fingerprint density at radius 2 is 2.11 bits per heavy atom. The highest BCUT2D eigenvalue weighted by Crippen LogP contribution is 2.31. The minimum Gasteiger partial charge on any atom is -0.368 e. The van der Waals surface area contributed by atoms with Gasteiger partial charge in [-0.1, -0.05) is 18.9 Å². The summed E-state index contributed by atoms with van der Waals surface area (Å²) in [5.74, 6) is -0.182. The van der Waals surface area contributed by atoms with Crippen LogP contribution < -0.4 is 10.6 Å². The smallest absolute Gasteiger partial charge is 0.130 e. The summed E-state index contributed by atoms with van der Waals surface area (Å²) in [6.07, 6.45) is 4.89. The van der Waals surface area contributed by atoms with E-state index in [1.807, 2.05) is 13.0 Å². The van der Waals surface area contributed by atoms with Gasteiger partial charge in [0, 0.05) is 29.9 Å². The highest BCUT2D eigenvalue weighted by Gasteiger charge is 2.22. The maximum Gasteiger partial charge on any atom is 0.130 e. The molecule has 0 radical (unpaired) electrons. The molecule has 100 valence electrons. The highest BCUT2D eigenvalue weighted by molar-refractivity contribution is 5.56. The molecule has 1 aliphatic heterocycles. The maximum atomic E-state index is 14.0. The van der Waals surface area contributed by atoms with Gasteiger partial charge in [-0.3, -0.25) is 0 Å². The Labute approximate surface area is 109 Å². The molecule has 18 heavy (non-hydrogen) atoms. The molecule has 0 saturated carbocycles. The largest absolute Gasteiger partial charge is 0.368 e. The van der Waals surface area contributed by atoms with E-state index in [0.717, 1.165) is 12.2 Å². The second-order valence-electron chi connectivity index (χ2n) is 5.35. The van der Waals surface area contributed by atoms with Crippen LogP contribution >= 0.6 is 0 Å². The van der Waals surface area contributed by atoms with Gasteiger partial charge in [0.05, 0.1) is 0 Å². The number of nitrogens with zero attached hydrogens (tertiary/aromatic N) is 1. The Morgan fingerprint density at radius 1 is 1.33 bits per heavy atom. The van der Waals surface area contributed by atoms with E-state index in [1.165, 1.54) is 31.7 Å². The van der Waals surface area contributed by atoms with E-state index >= 15 is 0 Å². The van der Waals surface area contributed by atoms with Crippen LogP contribution in [-0.4, -0.2) is 12.6 Å². The summed E-state index contributed by atoms with van der Waals surface area (Å²) >= 11 is 0. The van der Waals surface area contributed by atoms with Crippen LogP contribution in [0, 0.1) is 5.82 Å². The molecule has 0 aliphatic carbocycles. The average molecular weight is 250 g/mol. The van der Waals surface area contributed by atoms with Gasteiger partial charge in [0.1, 0.15) is 5.82 Å². The van der Waals surface area contributed by atoms with Crippen molar-refractivity contribution >= 4 is 5.69 Å². The minimum atomic E-state index is -0.267. The topological polar surface area (TPSA) is 29.3 Å². The number of anilines is 1. The fraction of sp³-hybridized carbons (Fsp3) is 0.600. The van der Waals surface area contributed by atoms with Gasteiger partial charge in [-0.05, 0) is 38.8 Å². The molecule has 1 saturated heterocycles. The first-order chi connectivity index (χ1) is 8.61. The van der Waals surface area contributed by atoms with Gasteiger partial charge in [0.2, 0.25) is 0 Å². The van der Waals surface area contributed by atoms with Crippen LogP contribution in [0.15, 0.2) is 18.2 Å². The van der Waals surface area contributed by atoms with Gasteiger partial charge in [-0.2, -0.15) is 0 Å². The summed E-state index contributed by atoms with van der Waals surface area (Å²) in [6.45, 7) is 5.08. The van der Waals surface area contributed by atoms with E-state index in [9.17, 15) is 4.39 Å². The van der Waals surface area contributed by atoms with Gasteiger partial charge in [-0.25, -0.2) is 4.39 Å². The lowest BCUT2D eigenvalue weighted by atomic mass is 10.0. The first kappa shape index (κ1) is 13.3. The standard InChI is InChI=1S/C15H23FN2/c1-11-7-4-3-5-10-18(11)14-9-6-8-13(16)15(14)12(2)17/h6,8-9,11-12H,3-5,7,10,17H2,1-2H3/t11?,12-/m1/s1. The molecule has 3 heteroatoms. The van der Waals surface area contributed by atoms with Gasteiger partial charge >= 0.3 is 0 Å². The van der Waals surface area contributed by atoms with Crippen molar-refractivity contribution in [2.75, 3.05) is 11.4 Å². The van der Waals surface area contributed by atoms with E-state index in [-0.39, 0.29) is 11.9 Å². The third-order valence-corrected chi connectivity index (χ3v) is 3.85. The fourth-order valence-corrected chi connectivity index (χ4v) is 2.86. The van der Waals surface area contributed by atoms with Gasteiger partial charge < -0.3 is 10.6 Å². The normalized spacial score (nSPS) is 22.7. The van der Waals surface area contributed by atoms with Crippen LogP contribution in [0.1, 0.15) is 51.1 Å². The minimum absolute atomic E-state index is 0.182. The number of hydrogen-bond acceptors (Lipinski definition) is 2. The van der Waals surface area contributed by atoms with Crippen molar-refractivity contribution in [3.05, 3.63) is 29.6 Å². The number of benzene rings is 1. The quantitative estimate of drug-likeness (QED) is 0.868. The van der Waals surface area contributed by atoms with E-state index in [0.29, 0.717) is 11.6 Å². The molecule has 2 nitrogen and oxygen atoms in total. The van der Waals surface area contributed by atoms with Crippen molar-refractivity contribution in [1.82, 2.24) is 0 Å². The predicted octanol–water partition coefficient (Wildman–Crippen LogP) is 3.61. The van der Waals surface area contributed by atoms with Crippen LogP contribution in [-0.2, 0) is 0 Å². The van der Waals surface area contributed by atoms with E-state index in [2.05, 4.69) is 11.8 Å². The number of halogens is 1. The van der Waals surface area contributed by atoms with Crippen LogP contribution in [0.4, 0.5) is 10.1 Å². The van der Waals surface area contributed by atoms with E-state index in [4.69, 9.17) is 5.73 Å². The molecule has 2 atom stereocenters. The molecule has 1 aliphatic rings.